The molecule has 1 aliphatic rings. The summed E-state index contributed by atoms with van der Waals surface area (Å²) >= 11 is 11.5. The Labute approximate surface area is 101 Å². The summed E-state index contributed by atoms with van der Waals surface area (Å²) in [5.41, 5.74) is 0. The van der Waals surface area contributed by atoms with E-state index < -0.39 is 7.79 Å². The van der Waals surface area contributed by atoms with Crippen LogP contribution in [0.5, 0.6) is 0 Å². The first kappa shape index (κ1) is 13.9. The Morgan fingerprint density at radius 1 is 1.33 bits per heavy atom. The molecule has 0 aromatic rings. The van der Waals surface area contributed by atoms with Crippen molar-refractivity contribution >= 4 is 31.0 Å². The molecule has 0 aliphatic carbocycles. The van der Waals surface area contributed by atoms with Crippen LogP contribution in [0.25, 0.3) is 0 Å². The minimum Gasteiger partial charge on any atom is -0.357 e. The fraction of sp³-hybridized carbons (Fsp3) is 1.00. The van der Waals surface area contributed by atoms with Gasteiger partial charge in [0, 0.05) is 18.3 Å². The molecule has 0 radical (unpaired) electrons. The summed E-state index contributed by atoms with van der Waals surface area (Å²) in [6.07, 6.45) is 0.998. The Balaban J connectivity index is 2.65. The number of hydrogen-bond donors (Lipinski definition) is 2. The molecule has 90 valence electrons. The maximum atomic E-state index is 9.50. The van der Waals surface area contributed by atoms with Gasteiger partial charge < -0.3 is 5.11 Å². The van der Waals surface area contributed by atoms with E-state index in [9.17, 15) is 5.11 Å². The Morgan fingerprint density at radius 3 is 2.40 bits per heavy atom. The first-order valence-corrected chi connectivity index (χ1v) is 7.96. The lowest BCUT2D eigenvalue weighted by molar-refractivity contribution is 0.228. The first-order chi connectivity index (χ1) is 7.29. The molecule has 1 aliphatic heterocycles. The van der Waals surface area contributed by atoms with E-state index in [2.05, 4.69) is 9.76 Å². The van der Waals surface area contributed by atoms with Gasteiger partial charge in [0.1, 0.15) is 0 Å². The highest BCUT2D eigenvalue weighted by Crippen LogP contribution is 2.59. The second-order valence-corrected chi connectivity index (χ2v) is 6.85. The number of nitrogens with one attached hydrogen (secondary N) is 1. The topological polar surface area (TPSA) is 44.7 Å². The molecule has 1 unspecified atom stereocenters. The molecule has 0 amide bonds. The van der Waals surface area contributed by atoms with E-state index in [4.69, 9.17) is 27.7 Å². The van der Waals surface area contributed by atoms with Crippen LogP contribution in [0.2, 0.25) is 0 Å². The summed E-state index contributed by atoms with van der Waals surface area (Å²) in [6, 6.07) is 0. The highest BCUT2D eigenvalue weighted by Gasteiger charge is 2.48. The van der Waals surface area contributed by atoms with Crippen molar-refractivity contribution in [2.75, 3.05) is 44.3 Å². The van der Waals surface area contributed by atoms with Gasteiger partial charge in [0.2, 0.25) is 6.35 Å². The Kier molecular flexibility index (Phi) is 6.71. The zero-order chi connectivity index (χ0) is 11.1. The predicted octanol–water partition coefficient (Wildman–Crippen LogP) is 1.49. The molecule has 15 heavy (non-hydrogen) atoms. The Hall–Kier alpha value is 0.850. The van der Waals surface area contributed by atoms with Crippen molar-refractivity contribution in [2.45, 2.75) is 6.42 Å². The predicted molar refractivity (Wildman–Crippen MR) is 65.6 cm³/mol. The van der Waals surface area contributed by atoms with Gasteiger partial charge in [-0.05, 0) is 6.42 Å². The van der Waals surface area contributed by atoms with Gasteiger partial charge in [-0.2, -0.15) is 4.52 Å². The minimum absolute atomic E-state index is 0.0147. The van der Waals surface area contributed by atoms with Crippen LogP contribution in [0.15, 0.2) is 0 Å². The van der Waals surface area contributed by atoms with Gasteiger partial charge in [-0.3, -0.25) is 0 Å². The number of rotatable bonds is 6. The zero-order valence-electron chi connectivity index (χ0n) is 8.66. The maximum absolute atomic E-state index is 9.50. The second-order valence-electron chi connectivity index (χ2n) is 3.27. The average molecular weight is 276 g/mol. The van der Waals surface area contributed by atoms with Crippen LogP contribution in [0.3, 0.4) is 0 Å². The fourth-order valence-corrected chi connectivity index (χ4v) is 4.82. The lowest BCUT2D eigenvalue weighted by Gasteiger charge is -2.35. The third kappa shape index (κ3) is 3.67. The smallest absolute Gasteiger partial charge is 0.313 e. The van der Waals surface area contributed by atoms with Crippen LogP contribution in [-0.2, 0) is 4.52 Å². The van der Waals surface area contributed by atoms with E-state index in [0.29, 0.717) is 31.5 Å². The van der Waals surface area contributed by atoms with Gasteiger partial charge >= 0.3 is 7.79 Å². The van der Waals surface area contributed by atoms with Crippen LogP contribution >= 0.6 is 31.0 Å². The summed E-state index contributed by atoms with van der Waals surface area (Å²) in [6.45, 7) is 2.96. The molecule has 2 N–H and O–H groups in total. The molecule has 0 aromatic heterocycles. The van der Waals surface area contributed by atoms with Gasteiger partial charge in [0.25, 0.3) is 0 Å². The number of hydrogen-bond acceptors (Lipinski definition) is 4. The second kappa shape index (κ2) is 7.23. The van der Waals surface area contributed by atoms with Crippen LogP contribution in [-0.4, -0.2) is 54.1 Å². The summed E-state index contributed by atoms with van der Waals surface area (Å²) < 4.78 is 7.80. The molecule has 0 saturated carbocycles. The largest absolute Gasteiger partial charge is 0.357 e. The molecular formula is C8H18Cl2N2O2P+. The number of aliphatic hydroxyl groups excluding tert-OH is 1. The monoisotopic (exact) mass is 275 g/mol. The molecular weight excluding hydrogens is 258 g/mol. The van der Waals surface area contributed by atoms with Gasteiger partial charge in [-0.25, -0.2) is 0 Å². The number of halogens is 2. The molecule has 1 heterocycles. The van der Waals surface area contributed by atoms with E-state index >= 15 is 0 Å². The van der Waals surface area contributed by atoms with Crippen molar-refractivity contribution < 1.29 is 9.63 Å². The highest BCUT2D eigenvalue weighted by atomic mass is 35.5. The summed E-state index contributed by atoms with van der Waals surface area (Å²) in [4.78, 5) is 0. The van der Waals surface area contributed by atoms with Crippen molar-refractivity contribution in [1.82, 2.24) is 9.76 Å². The Morgan fingerprint density at radius 2 is 2.00 bits per heavy atom. The third-order valence-corrected chi connectivity index (χ3v) is 5.68. The Bertz CT molecular complexity index is 176. The third-order valence-electron chi connectivity index (χ3n) is 2.32. The standard InChI is InChI=1S/C8H18Cl2N2O2P/c9-2-5-12(6-3-10)15(8-13)11-4-1-7-14-15/h11,13H,1-8H2/q+1. The lowest BCUT2D eigenvalue weighted by atomic mass is 10.5. The SMILES string of the molecule is OC[P+]1(N(CCCl)CCCl)NCCCO1. The molecule has 0 aromatic carbocycles. The number of nitrogens with zero attached hydrogens (tertiary/aromatic N) is 1. The van der Waals surface area contributed by atoms with Crippen molar-refractivity contribution in [2.24, 2.45) is 0 Å². The molecule has 1 atom stereocenters. The number of alkyl halides is 2. The zero-order valence-corrected chi connectivity index (χ0v) is 11.1. The normalized spacial score (nSPS) is 27.2. The van der Waals surface area contributed by atoms with E-state index in [1.165, 1.54) is 0 Å². The van der Waals surface area contributed by atoms with Crippen molar-refractivity contribution in [3.8, 4) is 0 Å². The van der Waals surface area contributed by atoms with Crippen molar-refractivity contribution in [3.05, 3.63) is 0 Å². The van der Waals surface area contributed by atoms with Gasteiger partial charge in [0.05, 0.1) is 19.7 Å². The molecule has 0 spiro atoms. The van der Waals surface area contributed by atoms with E-state index in [1.807, 2.05) is 0 Å². The molecule has 4 nitrogen and oxygen atoms in total. The van der Waals surface area contributed by atoms with E-state index in [0.717, 1.165) is 13.0 Å². The average Bonchev–Trinajstić information content (AvgIpc) is 2.30. The minimum atomic E-state index is -2.04. The summed E-state index contributed by atoms with van der Waals surface area (Å²) in [5.74, 6) is 1.04. The van der Waals surface area contributed by atoms with Gasteiger partial charge in [0.15, 0.2) is 0 Å². The molecule has 0 bridgehead atoms. The summed E-state index contributed by atoms with van der Waals surface area (Å²) in [5, 5.41) is 12.8. The molecule has 1 rings (SSSR count). The van der Waals surface area contributed by atoms with Crippen LogP contribution in [0.4, 0.5) is 0 Å². The van der Waals surface area contributed by atoms with Crippen molar-refractivity contribution in [3.63, 3.8) is 0 Å². The first-order valence-electron chi connectivity index (χ1n) is 5.05. The molecule has 1 saturated heterocycles. The summed E-state index contributed by atoms with van der Waals surface area (Å²) in [7, 11) is -2.04. The van der Waals surface area contributed by atoms with Crippen LogP contribution in [0, 0.1) is 0 Å². The fourth-order valence-electron chi connectivity index (χ4n) is 1.58. The van der Waals surface area contributed by atoms with E-state index in [1.54, 1.807) is 0 Å². The van der Waals surface area contributed by atoms with Gasteiger partial charge in [-0.15, -0.1) is 33.0 Å². The molecule has 7 heteroatoms. The van der Waals surface area contributed by atoms with Crippen molar-refractivity contribution in [1.29, 1.82) is 0 Å². The van der Waals surface area contributed by atoms with Crippen LogP contribution in [0.1, 0.15) is 6.42 Å². The quantitative estimate of drug-likeness (QED) is 0.570. The van der Waals surface area contributed by atoms with Gasteiger partial charge in [-0.1, -0.05) is 0 Å². The molecule has 1 fully saturated rings. The number of aliphatic hydroxyl groups is 1. The highest BCUT2D eigenvalue weighted by molar-refractivity contribution is 7.66. The lowest BCUT2D eigenvalue weighted by Crippen LogP contribution is -2.41. The van der Waals surface area contributed by atoms with E-state index in [-0.39, 0.29) is 6.35 Å². The maximum Gasteiger partial charge on any atom is 0.313 e. The van der Waals surface area contributed by atoms with Crippen LogP contribution < -0.4 is 5.09 Å².